The molecule has 1 aliphatic heterocycles. The molecule has 1 fully saturated rings. The number of nitrogens with zero attached hydrogens (tertiary/aromatic N) is 1. The van der Waals surface area contributed by atoms with Gasteiger partial charge in [-0.3, -0.25) is 9.69 Å². The van der Waals surface area contributed by atoms with E-state index < -0.39 is 5.97 Å². The molecular weight excluding hydrogens is 338 g/mol. The van der Waals surface area contributed by atoms with E-state index >= 15 is 0 Å². The van der Waals surface area contributed by atoms with Crippen LogP contribution in [0.3, 0.4) is 0 Å². The normalized spacial score (nSPS) is 23.4. The summed E-state index contributed by atoms with van der Waals surface area (Å²) in [5, 5.41) is 8.95. The van der Waals surface area contributed by atoms with Crippen LogP contribution in [0.25, 0.3) is 0 Å². The Morgan fingerprint density at radius 3 is 2.90 bits per heavy atom. The third kappa shape index (κ3) is 4.06. The number of carboxylic acids is 1. The maximum atomic E-state index is 10.9. The molecule has 0 radical (unpaired) electrons. The predicted octanol–water partition coefficient (Wildman–Crippen LogP) is 4.39. The number of hydrogen-bond donors (Lipinski definition) is 1. The van der Waals surface area contributed by atoms with Crippen LogP contribution in [0.1, 0.15) is 44.0 Å². The summed E-state index contributed by atoms with van der Waals surface area (Å²) in [6, 6.07) is 4.71. The van der Waals surface area contributed by atoms with E-state index in [2.05, 4.69) is 46.8 Å². The number of carboxylic acid groups (broad SMARTS) is 1. The Labute approximate surface area is 133 Å². The van der Waals surface area contributed by atoms with Crippen LogP contribution in [0.15, 0.2) is 15.9 Å². The Kier molecular flexibility index (Phi) is 5.64. The lowest BCUT2D eigenvalue weighted by Gasteiger charge is -2.38. The van der Waals surface area contributed by atoms with Gasteiger partial charge in [0, 0.05) is 23.9 Å². The summed E-state index contributed by atoms with van der Waals surface area (Å²) < 4.78 is 1.17. The second-order valence-corrected chi connectivity index (χ2v) is 8.28. The fraction of sp³-hybridized carbons (Fsp3) is 0.667. The molecule has 2 rings (SSSR count). The van der Waals surface area contributed by atoms with Gasteiger partial charge in [0.2, 0.25) is 0 Å². The van der Waals surface area contributed by atoms with Crippen molar-refractivity contribution >= 4 is 33.2 Å². The summed E-state index contributed by atoms with van der Waals surface area (Å²) >= 11 is 5.31. The van der Waals surface area contributed by atoms with E-state index in [1.54, 1.807) is 11.3 Å². The Morgan fingerprint density at radius 1 is 1.55 bits per heavy atom. The summed E-state index contributed by atoms with van der Waals surface area (Å²) in [7, 11) is 0. The quantitative estimate of drug-likeness (QED) is 0.846. The van der Waals surface area contributed by atoms with Gasteiger partial charge in [-0.1, -0.05) is 6.92 Å². The summed E-state index contributed by atoms with van der Waals surface area (Å²) in [6.45, 7) is 6.47. The first-order chi connectivity index (χ1) is 9.47. The smallest absolute Gasteiger partial charge is 0.303 e. The first kappa shape index (κ1) is 16.0. The lowest BCUT2D eigenvalue weighted by Crippen LogP contribution is -2.39. The number of piperidine rings is 1. The van der Waals surface area contributed by atoms with Gasteiger partial charge in [0.15, 0.2) is 0 Å². The molecule has 0 aliphatic carbocycles. The molecule has 5 heteroatoms. The Balaban J connectivity index is 1.97. The second-order valence-electron chi connectivity index (χ2n) is 5.79. The van der Waals surface area contributed by atoms with Crippen molar-refractivity contribution in [1.29, 1.82) is 0 Å². The van der Waals surface area contributed by atoms with Crippen molar-refractivity contribution in [3.8, 4) is 0 Å². The first-order valence-corrected chi connectivity index (χ1v) is 8.79. The molecule has 3 nitrogen and oxygen atoms in total. The van der Waals surface area contributed by atoms with E-state index in [4.69, 9.17) is 5.11 Å². The lowest BCUT2D eigenvalue weighted by atomic mass is 9.84. The van der Waals surface area contributed by atoms with E-state index in [0.29, 0.717) is 12.0 Å². The highest BCUT2D eigenvalue weighted by atomic mass is 79.9. The maximum Gasteiger partial charge on any atom is 0.303 e. The number of aliphatic carboxylic acids is 1. The minimum Gasteiger partial charge on any atom is -0.481 e. The lowest BCUT2D eigenvalue weighted by molar-refractivity contribution is -0.138. The van der Waals surface area contributed by atoms with E-state index in [-0.39, 0.29) is 12.3 Å². The zero-order valence-electron chi connectivity index (χ0n) is 12.0. The number of halogens is 1. The highest BCUT2D eigenvalue weighted by Gasteiger charge is 2.29. The zero-order valence-corrected chi connectivity index (χ0v) is 14.4. The van der Waals surface area contributed by atoms with Gasteiger partial charge in [-0.15, -0.1) is 11.3 Å². The van der Waals surface area contributed by atoms with Gasteiger partial charge in [0.05, 0.1) is 3.79 Å². The number of thiophene rings is 1. The van der Waals surface area contributed by atoms with Crippen LogP contribution in [0.4, 0.5) is 0 Å². The highest BCUT2D eigenvalue weighted by Crippen LogP contribution is 2.34. The molecule has 0 bridgehead atoms. The summed E-state index contributed by atoms with van der Waals surface area (Å²) in [6.07, 6.45) is 2.62. The van der Waals surface area contributed by atoms with Crippen molar-refractivity contribution in [2.24, 2.45) is 11.8 Å². The SMILES string of the molecule is CC(CC(=O)O)C1CCCN(C(C)c2ccc(Br)s2)C1. The number of carbonyl (C=O) groups is 1. The molecule has 1 aliphatic rings. The average molecular weight is 360 g/mol. The van der Waals surface area contributed by atoms with Crippen molar-refractivity contribution in [2.75, 3.05) is 13.1 Å². The van der Waals surface area contributed by atoms with Crippen LogP contribution in [-0.4, -0.2) is 29.1 Å². The molecule has 1 N–H and O–H groups in total. The third-order valence-electron chi connectivity index (χ3n) is 4.34. The Bertz CT molecular complexity index is 462. The highest BCUT2D eigenvalue weighted by molar-refractivity contribution is 9.11. The third-order valence-corrected chi connectivity index (χ3v) is 6.14. The second kappa shape index (κ2) is 7.05. The summed E-state index contributed by atoms with van der Waals surface area (Å²) in [5.74, 6) is 0.0909. The standard InChI is InChI=1S/C15H22BrNO2S/c1-10(8-15(18)19)12-4-3-7-17(9-12)11(2)13-5-6-14(16)20-13/h5-6,10-12H,3-4,7-9H2,1-2H3,(H,18,19). The minimum atomic E-state index is -0.676. The molecule has 3 atom stereocenters. The summed E-state index contributed by atoms with van der Waals surface area (Å²) in [5.41, 5.74) is 0. The fourth-order valence-corrected chi connectivity index (χ4v) is 4.54. The monoisotopic (exact) mass is 359 g/mol. The first-order valence-electron chi connectivity index (χ1n) is 7.18. The van der Waals surface area contributed by atoms with Crippen LogP contribution in [0.2, 0.25) is 0 Å². The zero-order chi connectivity index (χ0) is 14.7. The van der Waals surface area contributed by atoms with E-state index in [1.165, 1.54) is 15.1 Å². The van der Waals surface area contributed by atoms with Gasteiger partial charge in [0.1, 0.15) is 0 Å². The molecule has 2 heterocycles. The van der Waals surface area contributed by atoms with Crippen LogP contribution in [-0.2, 0) is 4.79 Å². The van der Waals surface area contributed by atoms with Crippen LogP contribution >= 0.6 is 27.3 Å². The molecule has 3 unspecified atom stereocenters. The largest absolute Gasteiger partial charge is 0.481 e. The minimum absolute atomic E-state index is 0.262. The van der Waals surface area contributed by atoms with Crippen LogP contribution in [0, 0.1) is 11.8 Å². The van der Waals surface area contributed by atoms with Gasteiger partial charge in [-0.05, 0) is 66.2 Å². The molecule has 0 aromatic carbocycles. The fourth-order valence-electron chi connectivity index (χ4n) is 3.03. The van der Waals surface area contributed by atoms with Gasteiger partial charge in [-0.2, -0.15) is 0 Å². The molecule has 0 amide bonds. The molecule has 0 saturated carbocycles. The van der Waals surface area contributed by atoms with Crippen molar-refractivity contribution in [1.82, 2.24) is 4.90 Å². The molecule has 1 aromatic rings. The van der Waals surface area contributed by atoms with E-state index in [1.807, 2.05) is 0 Å². The molecule has 0 spiro atoms. The van der Waals surface area contributed by atoms with Crippen LogP contribution < -0.4 is 0 Å². The Morgan fingerprint density at radius 2 is 2.30 bits per heavy atom. The van der Waals surface area contributed by atoms with Gasteiger partial charge < -0.3 is 5.11 Å². The maximum absolute atomic E-state index is 10.9. The Hall–Kier alpha value is -0.390. The van der Waals surface area contributed by atoms with Crippen molar-refractivity contribution in [3.05, 3.63) is 20.8 Å². The molecule has 112 valence electrons. The molecular formula is C15H22BrNO2S. The van der Waals surface area contributed by atoms with Gasteiger partial charge in [0.25, 0.3) is 0 Å². The van der Waals surface area contributed by atoms with E-state index in [0.717, 1.165) is 19.5 Å². The van der Waals surface area contributed by atoms with E-state index in [9.17, 15) is 4.79 Å². The summed E-state index contributed by atoms with van der Waals surface area (Å²) in [4.78, 5) is 14.8. The van der Waals surface area contributed by atoms with Crippen LogP contribution in [0.5, 0.6) is 0 Å². The van der Waals surface area contributed by atoms with Crippen molar-refractivity contribution in [3.63, 3.8) is 0 Å². The predicted molar refractivity (Wildman–Crippen MR) is 86.1 cm³/mol. The number of hydrogen-bond acceptors (Lipinski definition) is 3. The van der Waals surface area contributed by atoms with Crippen molar-refractivity contribution < 1.29 is 9.90 Å². The topological polar surface area (TPSA) is 40.5 Å². The number of rotatable bonds is 5. The van der Waals surface area contributed by atoms with Gasteiger partial charge in [-0.25, -0.2) is 0 Å². The molecule has 1 aromatic heterocycles. The van der Waals surface area contributed by atoms with Gasteiger partial charge >= 0.3 is 5.97 Å². The average Bonchev–Trinajstić information content (AvgIpc) is 2.84. The molecule has 1 saturated heterocycles. The number of likely N-dealkylation sites (tertiary alicyclic amines) is 1. The molecule has 20 heavy (non-hydrogen) atoms. The van der Waals surface area contributed by atoms with Crippen molar-refractivity contribution in [2.45, 2.75) is 39.2 Å².